The second-order valence-corrected chi connectivity index (χ2v) is 5.17. The maximum absolute atomic E-state index is 11.9. The minimum atomic E-state index is -0.147. The lowest BCUT2D eigenvalue weighted by atomic mass is 10.0. The molecule has 1 amide bonds. The van der Waals surface area contributed by atoms with Gasteiger partial charge in [-0.25, -0.2) is 5.43 Å². The summed E-state index contributed by atoms with van der Waals surface area (Å²) in [6.07, 6.45) is 3.18. The Bertz CT molecular complexity index is 433. The third kappa shape index (κ3) is 5.25. The topological polar surface area (TPSA) is 41.5 Å². The lowest BCUT2D eigenvalue weighted by molar-refractivity contribution is 0.0954. The number of carbonyl (C=O) groups is 1. The molecule has 19 heavy (non-hydrogen) atoms. The molecule has 0 spiro atoms. The van der Waals surface area contributed by atoms with Crippen LogP contribution in [0.2, 0.25) is 0 Å². The Morgan fingerprint density at radius 3 is 2.42 bits per heavy atom. The molecule has 3 heteroatoms. The van der Waals surface area contributed by atoms with Gasteiger partial charge < -0.3 is 0 Å². The van der Waals surface area contributed by atoms with E-state index in [-0.39, 0.29) is 5.91 Å². The molecule has 0 saturated heterocycles. The van der Waals surface area contributed by atoms with E-state index in [1.807, 2.05) is 31.2 Å². The molecule has 0 bridgehead atoms. The molecule has 0 radical (unpaired) electrons. The van der Waals surface area contributed by atoms with Crippen LogP contribution in [-0.2, 0) is 0 Å². The van der Waals surface area contributed by atoms with Gasteiger partial charge in [0, 0.05) is 11.3 Å². The molecule has 0 heterocycles. The zero-order chi connectivity index (χ0) is 14.3. The number of unbranched alkanes of at least 4 members (excludes halogenated alkanes) is 1. The third-order valence-corrected chi connectivity index (χ3v) is 3.08. The maximum atomic E-state index is 11.9. The Morgan fingerprint density at radius 2 is 1.89 bits per heavy atom. The summed E-state index contributed by atoms with van der Waals surface area (Å²) in [4.78, 5) is 11.9. The molecule has 0 aliphatic carbocycles. The zero-order valence-corrected chi connectivity index (χ0v) is 12.4. The Hall–Kier alpha value is -1.64. The number of hydrazone groups is 1. The Labute approximate surface area is 116 Å². The third-order valence-electron chi connectivity index (χ3n) is 3.08. The Kier molecular flexibility index (Phi) is 6.26. The summed E-state index contributed by atoms with van der Waals surface area (Å²) in [7, 11) is 0. The van der Waals surface area contributed by atoms with E-state index in [0.29, 0.717) is 11.5 Å². The second kappa shape index (κ2) is 7.72. The van der Waals surface area contributed by atoms with E-state index in [9.17, 15) is 4.79 Å². The molecule has 0 aliphatic rings. The second-order valence-electron chi connectivity index (χ2n) is 5.17. The van der Waals surface area contributed by atoms with E-state index < -0.39 is 0 Å². The molecule has 0 fully saturated rings. The first-order chi connectivity index (χ1) is 9.04. The van der Waals surface area contributed by atoms with Gasteiger partial charge in [0.25, 0.3) is 5.91 Å². The number of amides is 1. The predicted molar refractivity (Wildman–Crippen MR) is 80.6 cm³/mol. The van der Waals surface area contributed by atoms with E-state index in [1.54, 1.807) is 0 Å². The molecule has 1 rings (SSSR count). The van der Waals surface area contributed by atoms with Crippen LogP contribution in [0.1, 0.15) is 68.8 Å². The molecule has 1 N–H and O–H groups in total. The minimum Gasteiger partial charge on any atom is -0.267 e. The van der Waals surface area contributed by atoms with Crippen LogP contribution in [0.15, 0.2) is 29.4 Å². The van der Waals surface area contributed by atoms with Crippen molar-refractivity contribution in [2.75, 3.05) is 0 Å². The Morgan fingerprint density at radius 1 is 1.26 bits per heavy atom. The van der Waals surface area contributed by atoms with E-state index in [4.69, 9.17) is 0 Å². The smallest absolute Gasteiger partial charge is 0.267 e. The maximum Gasteiger partial charge on any atom is 0.271 e. The molecule has 0 atom stereocenters. The molecule has 0 aromatic heterocycles. The van der Waals surface area contributed by atoms with Gasteiger partial charge in [0.05, 0.1) is 0 Å². The van der Waals surface area contributed by atoms with Crippen LogP contribution < -0.4 is 5.43 Å². The van der Waals surface area contributed by atoms with Crippen molar-refractivity contribution in [3.05, 3.63) is 35.4 Å². The van der Waals surface area contributed by atoms with Crippen LogP contribution in [0.5, 0.6) is 0 Å². The summed E-state index contributed by atoms with van der Waals surface area (Å²) in [5, 5.41) is 4.11. The summed E-state index contributed by atoms with van der Waals surface area (Å²) in [6, 6.07) is 7.68. The van der Waals surface area contributed by atoms with E-state index in [2.05, 4.69) is 31.3 Å². The van der Waals surface area contributed by atoms with Gasteiger partial charge in [-0.05, 0) is 43.4 Å². The first-order valence-corrected chi connectivity index (χ1v) is 6.98. The van der Waals surface area contributed by atoms with Crippen molar-refractivity contribution in [1.82, 2.24) is 5.43 Å². The fourth-order valence-electron chi connectivity index (χ4n) is 1.72. The van der Waals surface area contributed by atoms with Gasteiger partial charge in [-0.2, -0.15) is 5.10 Å². The first kappa shape index (κ1) is 15.4. The average molecular weight is 260 g/mol. The number of hydrogen-bond donors (Lipinski definition) is 1. The molecule has 1 aromatic carbocycles. The summed E-state index contributed by atoms with van der Waals surface area (Å²) >= 11 is 0. The van der Waals surface area contributed by atoms with Gasteiger partial charge in [0.1, 0.15) is 0 Å². The highest BCUT2D eigenvalue weighted by Gasteiger charge is 2.05. The average Bonchev–Trinajstić information content (AvgIpc) is 2.42. The van der Waals surface area contributed by atoms with Gasteiger partial charge in [0.15, 0.2) is 0 Å². The Balaban J connectivity index is 2.58. The molecular formula is C16H24N2O. The van der Waals surface area contributed by atoms with Crippen LogP contribution in [-0.4, -0.2) is 11.6 Å². The molecular weight excluding hydrogens is 236 g/mol. The van der Waals surface area contributed by atoms with E-state index >= 15 is 0 Å². The highest BCUT2D eigenvalue weighted by Crippen LogP contribution is 2.14. The van der Waals surface area contributed by atoms with Gasteiger partial charge in [-0.15, -0.1) is 0 Å². The van der Waals surface area contributed by atoms with Crippen molar-refractivity contribution in [2.24, 2.45) is 5.10 Å². The fraction of sp³-hybridized carbons (Fsp3) is 0.500. The van der Waals surface area contributed by atoms with Crippen molar-refractivity contribution in [2.45, 2.75) is 52.9 Å². The van der Waals surface area contributed by atoms with Crippen LogP contribution in [0.25, 0.3) is 0 Å². The fourth-order valence-corrected chi connectivity index (χ4v) is 1.72. The molecule has 0 unspecified atom stereocenters. The quantitative estimate of drug-likeness (QED) is 0.607. The van der Waals surface area contributed by atoms with Crippen molar-refractivity contribution in [3.8, 4) is 0 Å². The normalized spacial score (nSPS) is 11.7. The SMILES string of the molecule is CCCCC(C)=NNC(=O)c1ccc(C(C)C)cc1. The minimum absolute atomic E-state index is 0.147. The number of benzene rings is 1. The van der Waals surface area contributed by atoms with Gasteiger partial charge >= 0.3 is 0 Å². The molecule has 3 nitrogen and oxygen atoms in total. The lowest BCUT2D eigenvalue weighted by Gasteiger charge is -2.06. The number of hydrogen-bond acceptors (Lipinski definition) is 2. The number of nitrogens with one attached hydrogen (secondary N) is 1. The van der Waals surface area contributed by atoms with Gasteiger partial charge in [0.2, 0.25) is 0 Å². The zero-order valence-electron chi connectivity index (χ0n) is 12.4. The van der Waals surface area contributed by atoms with Gasteiger partial charge in [-0.3, -0.25) is 4.79 Å². The summed E-state index contributed by atoms with van der Waals surface area (Å²) < 4.78 is 0. The van der Waals surface area contributed by atoms with Crippen molar-refractivity contribution >= 4 is 11.6 Å². The van der Waals surface area contributed by atoms with E-state index in [0.717, 1.165) is 25.0 Å². The van der Waals surface area contributed by atoms with E-state index in [1.165, 1.54) is 5.56 Å². The highest BCUT2D eigenvalue weighted by molar-refractivity contribution is 5.95. The van der Waals surface area contributed by atoms with Crippen molar-refractivity contribution in [1.29, 1.82) is 0 Å². The van der Waals surface area contributed by atoms with Crippen molar-refractivity contribution < 1.29 is 4.79 Å². The monoisotopic (exact) mass is 260 g/mol. The summed E-state index contributed by atoms with van der Waals surface area (Å²) in [5.74, 6) is 0.331. The van der Waals surface area contributed by atoms with Crippen LogP contribution in [0.4, 0.5) is 0 Å². The highest BCUT2D eigenvalue weighted by atomic mass is 16.2. The standard InChI is InChI=1S/C16H24N2O/c1-5-6-7-13(4)17-18-16(19)15-10-8-14(9-11-15)12(2)3/h8-12H,5-7H2,1-4H3,(H,18,19). The molecule has 0 aliphatic heterocycles. The lowest BCUT2D eigenvalue weighted by Crippen LogP contribution is -2.19. The molecule has 104 valence electrons. The van der Waals surface area contributed by atoms with Crippen molar-refractivity contribution in [3.63, 3.8) is 0 Å². The van der Waals surface area contributed by atoms with Gasteiger partial charge in [-0.1, -0.05) is 39.3 Å². The first-order valence-electron chi connectivity index (χ1n) is 6.98. The number of rotatable bonds is 6. The predicted octanol–water partition coefficient (Wildman–Crippen LogP) is 4.11. The number of nitrogens with zero attached hydrogens (tertiary/aromatic N) is 1. The number of carbonyl (C=O) groups excluding carboxylic acids is 1. The van der Waals surface area contributed by atoms with Crippen LogP contribution >= 0.6 is 0 Å². The summed E-state index contributed by atoms with van der Waals surface area (Å²) in [5.41, 5.74) is 5.46. The summed E-state index contributed by atoms with van der Waals surface area (Å²) in [6.45, 7) is 8.35. The van der Waals surface area contributed by atoms with Crippen LogP contribution in [0.3, 0.4) is 0 Å². The largest absolute Gasteiger partial charge is 0.271 e. The molecule has 1 aromatic rings. The van der Waals surface area contributed by atoms with Crippen LogP contribution in [0, 0.1) is 0 Å². The molecule has 0 saturated carbocycles.